The van der Waals surface area contributed by atoms with Gasteiger partial charge in [0.2, 0.25) is 0 Å². The van der Waals surface area contributed by atoms with Crippen molar-refractivity contribution in [1.82, 2.24) is 9.88 Å². The first kappa shape index (κ1) is 11.3. The molecular weight excluding hydrogens is 232 g/mol. The van der Waals surface area contributed by atoms with Crippen LogP contribution >= 0.6 is 0 Å². The van der Waals surface area contributed by atoms with E-state index in [1.807, 2.05) is 0 Å². The van der Waals surface area contributed by atoms with Gasteiger partial charge in [0, 0.05) is 29.7 Å². The standard InChI is InChI=1S/C17H20N2/c1-3-11-7-14-13-5-4-6-15-17(13)12(9-18-15)8-16(14)19(2)10-11/h4-7,9,11,16,18H,3,8,10H2,1-2H3/t11?,16-/m1/s1. The third kappa shape index (κ3) is 1.53. The molecule has 19 heavy (non-hydrogen) atoms. The number of aromatic nitrogens is 1. The van der Waals surface area contributed by atoms with Crippen molar-refractivity contribution >= 4 is 16.5 Å². The number of likely N-dealkylation sites (N-methyl/N-ethyl adjacent to an activating group) is 1. The number of hydrogen-bond acceptors (Lipinski definition) is 1. The summed E-state index contributed by atoms with van der Waals surface area (Å²) in [6.07, 6.45) is 7.12. The van der Waals surface area contributed by atoms with Gasteiger partial charge in [-0.2, -0.15) is 0 Å². The summed E-state index contributed by atoms with van der Waals surface area (Å²) >= 11 is 0. The Morgan fingerprint density at radius 2 is 2.26 bits per heavy atom. The van der Waals surface area contributed by atoms with Crippen LogP contribution in [0.5, 0.6) is 0 Å². The highest BCUT2D eigenvalue weighted by Gasteiger charge is 2.32. The maximum Gasteiger partial charge on any atom is 0.0462 e. The third-order valence-electron chi connectivity index (χ3n) is 4.86. The lowest BCUT2D eigenvalue weighted by atomic mass is 9.79. The predicted octanol–water partition coefficient (Wildman–Crippen LogP) is 3.45. The normalized spacial score (nSPS) is 26.3. The largest absolute Gasteiger partial charge is 0.361 e. The molecule has 1 aliphatic heterocycles. The number of fused-ring (bicyclic) bond motifs is 2. The van der Waals surface area contributed by atoms with Crippen LogP contribution in [0.25, 0.3) is 16.5 Å². The molecule has 0 fully saturated rings. The summed E-state index contributed by atoms with van der Waals surface area (Å²) in [7, 11) is 2.28. The Balaban J connectivity index is 1.97. The fourth-order valence-corrected chi connectivity index (χ4v) is 3.80. The third-order valence-corrected chi connectivity index (χ3v) is 4.86. The predicted molar refractivity (Wildman–Crippen MR) is 80.2 cm³/mol. The second-order valence-electron chi connectivity index (χ2n) is 5.99. The van der Waals surface area contributed by atoms with Crippen LogP contribution in [0.2, 0.25) is 0 Å². The Bertz CT molecular complexity index is 665. The van der Waals surface area contributed by atoms with E-state index in [9.17, 15) is 0 Å². The Labute approximate surface area is 114 Å². The second kappa shape index (κ2) is 3.97. The minimum Gasteiger partial charge on any atom is -0.361 e. The number of hydrogen-bond donors (Lipinski definition) is 1. The first-order valence-electron chi connectivity index (χ1n) is 7.29. The average molecular weight is 252 g/mol. The van der Waals surface area contributed by atoms with E-state index in [1.165, 1.54) is 35.0 Å². The summed E-state index contributed by atoms with van der Waals surface area (Å²) in [6.45, 7) is 3.49. The molecular formula is C17H20N2. The van der Waals surface area contributed by atoms with E-state index in [4.69, 9.17) is 0 Å². The van der Waals surface area contributed by atoms with Crippen molar-refractivity contribution in [3.05, 3.63) is 41.6 Å². The van der Waals surface area contributed by atoms with Gasteiger partial charge in [-0.15, -0.1) is 0 Å². The summed E-state index contributed by atoms with van der Waals surface area (Å²) in [5.41, 5.74) is 5.77. The molecule has 2 aliphatic rings. The van der Waals surface area contributed by atoms with Crippen molar-refractivity contribution in [1.29, 1.82) is 0 Å². The molecule has 2 atom stereocenters. The van der Waals surface area contributed by atoms with Gasteiger partial charge in [-0.05, 0) is 48.6 Å². The average Bonchev–Trinajstić information content (AvgIpc) is 2.85. The summed E-state index contributed by atoms with van der Waals surface area (Å²) in [4.78, 5) is 5.96. The van der Waals surface area contributed by atoms with Crippen LogP contribution in [0.3, 0.4) is 0 Å². The maximum absolute atomic E-state index is 3.42. The van der Waals surface area contributed by atoms with Crippen molar-refractivity contribution in [2.45, 2.75) is 25.8 Å². The van der Waals surface area contributed by atoms with Crippen LogP contribution in [-0.2, 0) is 6.42 Å². The molecule has 0 saturated carbocycles. The highest BCUT2D eigenvalue weighted by Crippen LogP contribution is 2.40. The van der Waals surface area contributed by atoms with Gasteiger partial charge in [-0.1, -0.05) is 25.1 Å². The van der Waals surface area contributed by atoms with Crippen LogP contribution in [0.1, 0.15) is 24.5 Å². The lowest BCUT2D eigenvalue weighted by Crippen LogP contribution is -2.42. The van der Waals surface area contributed by atoms with Gasteiger partial charge >= 0.3 is 0 Å². The molecule has 1 aromatic carbocycles. The molecule has 1 aliphatic carbocycles. The van der Waals surface area contributed by atoms with Gasteiger partial charge < -0.3 is 4.98 Å². The Morgan fingerprint density at radius 1 is 1.37 bits per heavy atom. The zero-order chi connectivity index (χ0) is 13.0. The van der Waals surface area contributed by atoms with Crippen LogP contribution in [0, 0.1) is 5.92 Å². The number of aromatic amines is 1. The van der Waals surface area contributed by atoms with Crippen molar-refractivity contribution in [3.8, 4) is 0 Å². The molecule has 1 unspecified atom stereocenters. The molecule has 0 radical (unpaired) electrons. The minimum absolute atomic E-state index is 0.566. The Morgan fingerprint density at radius 3 is 3.11 bits per heavy atom. The van der Waals surface area contributed by atoms with Crippen molar-refractivity contribution < 1.29 is 0 Å². The van der Waals surface area contributed by atoms with Crippen molar-refractivity contribution in [2.75, 3.05) is 13.6 Å². The molecule has 98 valence electrons. The number of H-pyrrole nitrogens is 1. The molecule has 2 heterocycles. The van der Waals surface area contributed by atoms with Crippen LogP contribution in [-0.4, -0.2) is 29.5 Å². The molecule has 0 saturated heterocycles. The first-order chi connectivity index (χ1) is 9.28. The number of nitrogens with zero attached hydrogens (tertiary/aromatic N) is 1. The lowest BCUT2D eigenvalue weighted by Gasteiger charge is -2.39. The summed E-state index contributed by atoms with van der Waals surface area (Å²) < 4.78 is 0. The van der Waals surface area contributed by atoms with E-state index >= 15 is 0 Å². The zero-order valence-corrected chi connectivity index (χ0v) is 11.6. The topological polar surface area (TPSA) is 19.0 Å². The lowest BCUT2D eigenvalue weighted by molar-refractivity contribution is 0.242. The minimum atomic E-state index is 0.566. The summed E-state index contributed by atoms with van der Waals surface area (Å²) in [5, 5.41) is 1.45. The molecule has 2 nitrogen and oxygen atoms in total. The van der Waals surface area contributed by atoms with E-state index in [0.29, 0.717) is 12.0 Å². The van der Waals surface area contributed by atoms with Crippen LogP contribution < -0.4 is 0 Å². The van der Waals surface area contributed by atoms with E-state index in [-0.39, 0.29) is 0 Å². The number of nitrogens with one attached hydrogen (secondary N) is 1. The van der Waals surface area contributed by atoms with E-state index in [1.54, 1.807) is 5.57 Å². The van der Waals surface area contributed by atoms with E-state index in [2.05, 4.69) is 54.3 Å². The Kier molecular flexibility index (Phi) is 2.36. The van der Waals surface area contributed by atoms with Gasteiger partial charge in [0.15, 0.2) is 0 Å². The van der Waals surface area contributed by atoms with Gasteiger partial charge in [-0.3, -0.25) is 4.90 Å². The molecule has 2 aromatic rings. The molecule has 0 amide bonds. The van der Waals surface area contributed by atoms with Gasteiger partial charge in [0.1, 0.15) is 0 Å². The zero-order valence-electron chi connectivity index (χ0n) is 11.6. The highest BCUT2D eigenvalue weighted by molar-refractivity contribution is 5.98. The van der Waals surface area contributed by atoms with Crippen LogP contribution in [0.4, 0.5) is 0 Å². The molecule has 2 heteroatoms. The van der Waals surface area contributed by atoms with Crippen molar-refractivity contribution in [2.24, 2.45) is 5.92 Å². The molecule has 4 rings (SSSR count). The fourth-order valence-electron chi connectivity index (χ4n) is 3.80. The molecule has 0 bridgehead atoms. The molecule has 1 N–H and O–H groups in total. The van der Waals surface area contributed by atoms with E-state index < -0.39 is 0 Å². The van der Waals surface area contributed by atoms with Crippen LogP contribution in [0.15, 0.2) is 30.5 Å². The number of rotatable bonds is 1. The monoisotopic (exact) mass is 252 g/mol. The first-order valence-corrected chi connectivity index (χ1v) is 7.29. The number of benzene rings is 1. The fraction of sp³-hybridized carbons (Fsp3) is 0.412. The molecule has 0 spiro atoms. The quantitative estimate of drug-likeness (QED) is 0.823. The summed E-state index contributed by atoms with van der Waals surface area (Å²) in [6, 6.07) is 7.23. The van der Waals surface area contributed by atoms with Crippen molar-refractivity contribution in [3.63, 3.8) is 0 Å². The Hall–Kier alpha value is -1.54. The van der Waals surface area contributed by atoms with Gasteiger partial charge in [-0.25, -0.2) is 0 Å². The molecule has 1 aromatic heterocycles. The summed E-state index contributed by atoms with van der Waals surface area (Å²) in [5.74, 6) is 0.701. The smallest absolute Gasteiger partial charge is 0.0462 e. The van der Waals surface area contributed by atoms with Gasteiger partial charge in [0.25, 0.3) is 0 Å². The maximum atomic E-state index is 3.42. The van der Waals surface area contributed by atoms with Gasteiger partial charge in [0.05, 0.1) is 0 Å². The second-order valence-corrected chi connectivity index (χ2v) is 5.99. The SMILES string of the molecule is CCC1C=C2c3cccc4[nH]cc(c34)C[C@H]2N(C)C1. The highest BCUT2D eigenvalue weighted by atomic mass is 15.1. The van der Waals surface area contributed by atoms with E-state index in [0.717, 1.165) is 6.42 Å².